The van der Waals surface area contributed by atoms with Gasteiger partial charge in [-0.15, -0.1) is 0 Å². The average Bonchev–Trinajstić information content (AvgIpc) is 3.00. The van der Waals surface area contributed by atoms with Crippen molar-refractivity contribution >= 4 is 11.8 Å². The summed E-state index contributed by atoms with van der Waals surface area (Å²) in [5.74, 6) is 0.612. The highest BCUT2D eigenvalue weighted by atomic mass is 16.3. The van der Waals surface area contributed by atoms with Gasteiger partial charge in [0.1, 0.15) is 0 Å². The van der Waals surface area contributed by atoms with Gasteiger partial charge >= 0.3 is 6.03 Å². The number of carbonyl (C=O) groups excluding carboxylic acids is 1. The number of aliphatic hydroxyl groups is 1. The number of nitrogens with zero attached hydrogens (tertiary/aromatic N) is 3. The predicted molar refractivity (Wildman–Crippen MR) is 77.6 cm³/mol. The van der Waals surface area contributed by atoms with Crippen LogP contribution in [0.1, 0.15) is 31.4 Å². The first-order chi connectivity index (χ1) is 10.1. The maximum atomic E-state index is 11.8. The maximum Gasteiger partial charge on any atom is 0.320 e. The van der Waals surface area contributed by atoms with Crippen molar-refractivity contribution in [1.29, 1.82) is 5.26 Å². The van der Waals surface area contributed by atoms with Crippen molar-refractivity contribution in [2.75, 3.05) is 11.9 Å². The molecule has 3 N–H and O–H groups in total. The number of nitrogens with one attached hydrogen (secondary N) is 2. The molecule has 0 radical (unpaired) electrons. The predicted octanol–water partition coefficient (Wildman–Crippen LogP) is 1.39. The molecule has 7 heteroatoms. The van der Waals surface area contributed by atoms with Gasteiger partial charge in [0.05, 0.1) is 25.1 Å². The third-order valence-corrected chi connectivity index (χ3v) is 3.80. The van der Waals surface area contributed by atoms with Gasteiger partial charge < -0.3 is 10.4 Å². The molecule has 114 valence electrons. The van der Waals surface area contributed by atoms with E-state index in [1.54, 1.807) is 10.7 Å². The Bertz CT molecular complexity index is 534. The molecule has 2 amide bonds. The highest BCUT2D eigenvalue weighted by Crippen LogP contribution is 2.24. The van der Waals surface area contributed by atoms with Crippen LogP contribution in [0.2, 0.25) is 0 Å². The zero-order chi connectivity index (χ0) is 15.2. The van der Waals surface area contributed by atoms with Crippen LogP contribution in [0, 0.1) is 24.2 Å². The molecule has 1 aromatic rings. The van der Waals surface area contributed by atoms with Crippen LogP contribution in [0.5, 0.6) is 0 Å². The Kier molecular flexibility index (Phi) is 5.17. The summed E-state index contributed by atoms with van der Waals surface area (Å²) in [7, 11) is 0. The second-order valence-corrected chi connectivity index (χ2v) is 5.40. The number of hydrogen-bond donors (Lipinski definition) is 3. The number of hydrogen-bond acceptors (Lipinski definition) is 4. The highest BCUT2D eigenvalue weighted by molar-refractivity contribution is 5.88. The van der Waals surface area contributed by atoms with E-state index in [0.717, 1.165) is 25.0 Å². The summed E-state index contributed by atoms with van der Waals surface area (Å²) in [6, 6.07) is 3.51. The van der Waals surface area contributed by atoms with E-state index in [-0.39, 0.29) is 18.1 Å². The fourth-order valence-corrected chi connectivity index (χ4v) is 2.59. The first-order valence-corrected chi connectivity index (χ1v) is 7.24. The summed E-state index contributed by atoms with van der Waals surface area (Å²) in [6.45, 7) is 2.86. The summed E-state index contributed by atoms with van der Waals surface area (Å²) in [5, 5.41) is 27.9. The van der Waals surface area contributed by atoms with E-state index in [1.807, 2.05) is 6.92 Å². The fourth-order valence-electron chi connectivity index (χ4n) is 2.59. The molecule has 0 aromatic carbocycles. The van der Waals surface area contributed by atoms with E-state index in [2.05, 4.69) is 21.8 Å². The topological polar surface area (TPSA) is 103 Å². The Balaban J connectivity index is 1.81. The number of aryl methyl sites for hydroxylation is 2. The second-order valence-electron chi connectivity index (χ2n) is 5.40. The number of anilines is 1. The minimum atomic E-state index is -0.320. The number of rotatable bonds is 5. The second kappa shape index (κ2) is 7.09. The summed E-state index contributed by atoms with van der Waals surface area (Å²) >= 11 is 0. The molecule has 2 atom stereocenters. The van der Waals surface area contributed by atoms with Crippen LogP contribution >= 0.6 is 0 Å². The number of aliphatic hydroxyl groups excluding tert-OH is 1. The fraction of sp³-hybridized carbons (Fsp3) is 0.643. The normalized spacial score (nSPS) is 21.0. The number of amides is 2. The Morgan fingerprint density at radius 3 is 3.10 bits per heavy atom. The van der Waals surface area contributed by atoms with Crippen LogP contribution in [-0.4, -0.2) is 33.6 Å². The van der Waals surface area contributed by atoms with Gasteiger partial charge in [0.2, 0.25) is 0 Å². The van der Waals surface area contributed by atoms with Gasteiger partial charge in [-0.05, 0) is 19.8 Å². The molecule has 1 saturated carbocycles. The molecule has 0 aliphatic heterocycles. The molecule has 1 heterocycles. The third kappa shape index (κ3) is 4.20. The van der Waals surface area contributed by atoms with Crippen molar-refractivity contribution in [3.63, 3.8) is 0 Å². The molecular weight excluding hydrogens is 270 g/mol. The molecule has 1 aromatic heterocycles. The Morgan fingerprint density at radius 2 is 2.43 bits per heavy atom. The van der Waals surface area contributed by atoms with Gasteiger partial charge in [0, 0.05) is 24.2 Å². The van der Waals surface area contributed by atoms with Crippen molar-refractivity contribution in [2.24, 2.45) is 5.92 Å². The molecule has 1 fully saturated rings. The Morgan fingerprint density at radius 1 is 1.62 bits per heavy atom. The zero-order valence-electron chi connectivity index (χ0n) is 12.2. The summed E-state index contributed by atoms with van der Waals surface area (Å²) in [4.78, 5) is 11.8. The number of urea groups is 1. The van der Waals surface area contributed by atoms with Gasteiger partial charge in [-0.2, -0.15) is 10.4 Å². The molecule has 0 bridgehead atoms. The van der Waals surface area contributed by atoms with E-state index in [4.69, 9.17) is 5.26 Å². The van der Waals surface area contributed by atoms with Gasteiger partial charge in [0.25, 0.3) is 0 Å². The third-order valence-electron chi connectivity index (χ3n) is 3.80. The first-order valence-electron chi connectivity index (χ1n) is 7.24. The highest BCUT2D eigenvalue weighted by Gasteiger charge is 2.25. The number of nitriles is 1. The lowest BCUT2D eigenvalue weighted by atomic mass is 10.1. The molecule has 1 aliphatic rings. The van der Waals surface area contributed by atoms with Gasteiger partial charge in [-0.1, -0.05) is 6.42 Å². The lowest BCUT2D eigenvalue weighted by Crippen LogP contribution is -2.35. The van der Waals surface area contributed by atoms with Crippen molar-refractivity contribution in [3.05, 3.63) is 11.8 Å². The molecule has 0 saturated heterocycles. The van der Waals surface area contributed by atoms with Crippen molar-refractivity contribution in [2.45, 2.75) is 45.3 Å². The van der Waals surface area contributed by atoms with E-state index < -0.39 is 0 Å². The van der Waals surface area contributed by atoms with Gasteiger partial charge in [-0.3, -0.25) is 10.00 Å². The SMILES string of the molecule is Cc1cc(NC(=O)NC[C@H]2CCC[C@@H]2O)nn1CCC#N. The van der Waals surface area contributed by atoms with Crippen molar-refractivity contribution in [3.8, 4) is 6.07 Å². The molecule has 21 heavy (non-hydrogen) atoms. The molecule has 7 nitrogen and oxygen atoms in total. The zero-order valence-corrected chi connectivity index (χ0v) is 12.2. The average molecular weight is 291 g/mol. The Labute approximate surface area is 123 Å². The Hall–Kier alpha value is -2.07. The van der Waals surface area contributed by atoms with Gasteiger partial charge in [0.15, 0.2) is 5.82 Å². The van der Waals surface area contributed by atoms with Crippen LogP contribution in [0.3, 0.4) is 0 Å². The summed E-state index contributed by atoms with van der Waals surface area (Å²) in [6.07, 6.45) is 2.85. The van der Waals surface area contributed by atoms with E-state index in [0.29, 0.717) is 25.3 Å². The first kappa shape index (κ1) is 15.3. The van der Waals surface area contributed by atoms with Gasteiger partial charge in [-0.25, -0.2) is 4.79 Å². The lowest BCUT2D eigenvalue weighted by molar-refractivity contribution is 0.133. The summed E-state index contributed by atoms with van der Waals surface area (Å²) in [5.41, 5.74) is 0.895. The molecular formula is C14H21N5O2. The molecule has 0 spiro atoms. The molecule has 0 unspecified atom stereocenters. The van der Waals surface area contributed by atoms with E-state index in [1.165, 1.54) is 0 Å². The largest absolute Gasteiger partial charge is 0.393 e. The van der Waals surface area contributed by atoms with Crippen molar-refractivity contribution in [1.82, 2.24) is 15.1 Å². The van der Waals surface area contributed by atoms with Crippen LogP contribution in [0.25, 0.3) is 0 Å². The van der Waals surface area contributed by atoms with Crippen LogP contribution in [0.15, 0.2) is 6.07 Å². The smallest absolute Gasteiger partial charge is 0.320 e. The van der Waals surface area contributed by atoms with Crippen LogP contribution < -0.4 is 10.6 Å². The molecule has 1 aliphatic carbocycles. The number of aromatic nitrogens is 2. The van der Waals surface area contributed by atoms with Crippen LogP contribution in [0.4, 0.5) is 10.6 Å². The summed E-state index contributed by atoms with van der Waals surface area (Å²) < 4.78 is 1.69. The minimum absolute atomic E-state index is 0.144. The molecule has 2 rings (SSSR count). The quantitative estimate of drug-likeness (QED) is 0.762. The lowest BCUT2D eigenvalue weighted by Gasteiger charge is -2.14. The maximum absolute atomic E-state index is 11.8. The monoisotopic (exact) mass is 291 g/mol. The van der Waals surface area contributed by atoms with E-state index in [9.17, 15) is 9.90 Å². The van der Waals surface area contributed by atoms with E-state index >= 15 is 0 Å². The standard InChI is InChI=1S/C14H21N5O2/c1-10-8-13(18-19(10)7-3-6-15)17-14(21)16-9-11-4-2-5-12(11)20/h8,11-12,20H,2-5,7,9H2,1H3,(H2,16,17,18,21)/t11-,12+/m1/s1. The van der Waals surface area contributed by atoms with Crippen LogP contribution in [-0.2, 0) is 6.54 Å². The minimum Gasteiger partial charge on any atom is -0.393 e. The van der Waals surface area contributed by atoms with Crippen molar-refractivity contribution < 1.29 is 9.90 Å². The number of carbonyl (C=O) groups is 1.